The summed E-state index contributed by atoms with van der Waals surface area (Å²) < 4.78 is 5.43. The first-order valence-electron chi connectivity index (χ1n) is 5.89. The first-order valence-corrected chi connectivity index (χ1v) is 5.89. The van der Waals surface area contributed by atoms with Gasteiger partial charge in [0.15, 0.2) is 0 Å². The van der Waals surface area contributed by atoms with Gasteiger partial charge in [0.05, 0.1) is 11.9 Å². The Bertz CT molecular complexity index is 585. The Morgan fingerprint density at radius 2 is 1.84 bits per heavy atom. The summed E-state index contributed by atoms with van der Waals surface area (Å²) in [5.41, 5.74) is 4.76. The highest BCUT2D eigenvalue weighted by Gasteiger charge is 1.98. The lowest BCUT2D eigenvalue weighted by atomic mass is 10.2. The number of benzene rings is 2. The highest BCUT2D eigenvalue weighted by molar-refractivity contribution is 5.84. The minimum absolute atomic E-state index is 0.247. The fourth-order valence-electron chi connectivity index (χ4n) is 1.53. The van der Waals surface area contributed by atoms with Crippen molar-refractivity contribution in [3.8, 4) is 18.1 Å². The number of hydrazone groups is 1. The van der Waals surface area contributed by atoms with Gasteiger partial charge in [-0.05, 0) is 24.3 Å². The number of para-hydroxylation sites is 2. The summed E-state index contributed by atoms with van der Waals surface area (Å²) in [5.74, 6) is 3.16. The molecule has 0 atom stereocenters. The molecule has 2 aromatic carbocycles. The Morgan fingerprint density at radius 3 is 2.63 bits per heavy atom. The van der Waals surface area contributed by atoms with Crippen LogP contribution in [0.1, 0.15) is 5.56 Å². The molecule has 0 amide bonds. The van der Waals surface area contributed by atoms with Gasteiger partial charge in [0.1, 0.15) is 12.4 Å². The normalized spacial score (nSPS) is 10.1. The Morgan fingerprint density at radius 1 is 1.11 bits per heavy atom. The van der Waals surface area contributed by atoms with Crippen molar-refractivity contribution >= 4 is 11.9 Å². The molecular weight excluding hydrogens is 236 g/mol. The van der Waals surface area contributed by atoms with Crippen molar-refractivity contribution in [1.82, 2.24) is 0 Å². The third-order valence-electron chi connectivity index (χ3n) is 2.40. The third kappa shape index (κ3) is 3.90. The Kier molecular flexibility index (Phi) is 4.60. The molecule has 0 unspecified atom stereocenters. The smallest absolute Gasteiger partial charge is 0.148 e. The van der Waals surface area contributed by atoms with Crippen molar-refractivity contribution in [3.63, 3.8) is 0 Å². The van der Waals surface area contributed by atoms with E-state index < -0.39 is 0 Å². The van der Waals surface area contributed by atoms with Gasteiger partial charge < -0.3 is 4.74 Å². The summed E-state index contributed by atoms with van der Waals surface area (Å²) in [6, 6.07) is 17.3. The van der Waals surface area contributed by atoms with Gasteiger partial charge in [-0.2, -0.15) is 5.10 Å². The van der Waals surface area contributed by atoms with E-state index in [1.54, 1.807) is 6.21 Å². The minimum atomic E-state index is 0.247. The summed E-state index contributed by atoms with van der Waals surface area (Å²) in [6.45, 7) is 0.247. The van der Waals surface area contributed by atoms with Gasteiger partial charge in [0.2, 0.25) is 0 Å². The highest BCUT2D eigenvalue weighted by atomic mass is 16.5. The number of hydrogen-bond donors (Lipinski definition) is 1. The van der Waals surface area contributed by atoms with E-state index in [1.165, 1.54) is 0 Å². The quantitative estimate of drug-likeness (QED) is 0.502. The maximum absolute atomic E-state index is 5.43. The average Bonchev–Trinajstić information content (AvgIpc) is 2.47. The van der Waals surface area contributed by atoms with Crippen LogP contribution in [0, 0.1) is 12.3 Å². The van der Waals surface area contributed by atoms with Crippen LogP contribution in [0.5, 0.6) is 5.75 Å². The molecule has 3 nitrogen and oxygen atoms in total. The van der Waals surface area contributed by atoms with E-state index in [4.69, 9.17) is 11.2 Å². The molecule has 19 heavy (non-hydrogen) atoms. The zero-order chi connectivity index (χ0) is 13.3. The van der Waals surface area contributed by atoms with Gasteiger partial charge in [-0.25, -0.2) is 0 Å². The molecule has 0 saturated carbocycles. The van der Waals surface area contributed by atoms with Gasteiger partial charge in [0, 0.05) is 5.56 Å². The van der Waals surface area contributed by atoms with Crippen LogP contribution in [-0.2, 0) is 0 Å². The first kappa shape index (κ1) is 12.7. The summed E-state index contributed by atoms with van der Waals surface area (Å²) in [7, 11) is 0. The Labute approximate surface area is 112 Å². The lowest BCUT2D eigenvalue weighted by Crippen LogP contribution is -1.98. The number of nitrogens with zero attached hydrogens (tertiary/aromatic N) is 1. The van der Waals surface area contributed by atoms with Crippen LogP contribution < -0.4 is 10.2 Å². The molecule has 0 aliphatic carbocycles. The van der Waals surface area contributed by atoms with E-state index in [0.29, 0.717) is 0 Å². The molecule has 0 bridgehead atoms. The largest absolute Gasteiger partial charge is 0.480 e. The first-order chi connectivity index (χ1) is 9.40. The fraction of sp³-hybridized carbons (Fsp3) is 0.0625. The monoisotopic (exact) mass is 250 g/mol. The molecule has 0 saturated heterocycles. The standard InChI is InChI=1S/C16H14N2O/c1-2-12-19-16-11-7-6-8-14(16)13-17-18-15-9-4-3-5-10-15/h1,3-11,13,18H,12H2/b17-13+. The lowest BCUT2D eigenvalue weighted by molar-refractivity contribution is 0.370. The summed E-state index contributed by atoms with van der Waals surface area (Å²) in [6.07, 6.45) is 6.89. The molecule has 3 heteroatoms. The molecular formula is C16H14N2O. The van der Waals surface area contributed by atoms with Crippen LogP contribution in [0.2, 0.25) is 0 Å². The number of rotatable bonds is 5. The van der Waals surface area contributed by atoms with Crippen LogP contribution in [0.25, 0.3) is 0 Å². The maximum atomic E-state index is 5.43. The number of ether oxygens (including phenoxy) is 1. The molecule has 0 spiro atoms. The van der Waals surface area contributed by atoms with Gasteiger partial charge in [-0.15, -0.1) is 6.42 Å². The van der Waals surface area contributed by atoms with E-state index in [1.807, 2.05) is 54.6 Å². The van der Waals surface area contributed by atoms with Crippen LogP contribution in [0.3, 0.4) is 0 Å². The fourth-order valence-corrected chi connectivity index (χ4v) is 1.53. The van der Waals surface area contributed by atoms with E-state index in [9.17, 15) is 0 Å². The van der Waals surface area contributed by atoms with Crippen LogP contribution >= 0.6 is 0 Å². The van der Waals surface area contributed by atoms with Crippen molar-refractivity contribution in [2.24, 2.45) is 5.10 Å². The molecule has 0 aliphatic rings. The molecule has 0 radical (unpaired) electrons. The van der Waals surface area contributed by atoms with Crippen LogP contribution in [0.15, 0.2) is 59.7 Å². The number of hydrogen-bond acceptors (Lipinski definition) is 3. The molecule has 94 valence electrons. The molecule has 2 rings (SSSR count). The third-order valence-corrected chi connectivity index (χ3v) is 2.40. The van der Waals surface area contributed by atoms with Crippen molar-refractivity contribution in [2.75, 3.05) is 12.0 Å². The van der Waals surface area contributed by atoms with Crippen molar-refractivity contribution in [3.05, 3.63) is 60.2 Å². The van der Waals surface area contributed by atoms with Crippen LogP contribution in [-0.4, -0.2) is 12.8 Å². The summed E-state index contributed by atoms with van der Waals surface area (Å²) in [4.78, 5) is 0. The summed E-state index contributed by atoms with van der Waals surface area (Å²) >= 11 is 0. The zero-order valence-corrected chi connectivity index (χ0v) is 10.4. The topological polar surface area (TPSA) is 33.6 Å². The molecule has 0 fully saturated rings. The Hall–Kier alpha value is -2.73. The van der Waals surface area contributed by atoms with Crippen molar-refractivity contribution in [2.45, 2.75) is 0 Å². The molecule has 0 aromatic heterocycles. The SMILES string of the molecule is C#CCOc1ccccc1/C=N/Nc1ccccc1. The maximum Gasteiger partial charge on any atom is 0.148 e. The van der Waals surface area contributed by atoms with E-state index in [2.05, 4.69) is 16.4 Å². The van der Waals surface area contributed by atoms with Crippen LogP contribution in [0.4, 0.5) is 5.69 Å². The van der Waals surface area contributed by atoms with Gasteiger partial charge in [-0.3, -0.25) is 5.43 Å². The number of terminal acetylenes is 1. The molecule has 1 N–H and O–H groups in total. The van der Waals surface area contributed by atoms with E-state index in [-0.39, 0.29) is 6.61 Å². The van der Waals surface area contributed by atoms with E-state index >= 15 is 0 Å². The van der Waals surface area contributed by atoms with Crippen molar-refractivity contribution in [1.29, 1.82) is 0 Å². The van der Waals surface area contributed by atoms with E-state index in [0.717, 1.165) is 17.0 Å². The second-order valence-corrected chi connectivity index (χ2v) is 3.77. The molecule has 2 aromatic rings. The van der Waals surface area contributed by atoms with Gasteiger partial charge in [0.25, 0.3) is 0 Å². The lowest BCUT2D eigenvalue weighted by Gasteiger charge is -2.05. The van der Waals surface area contributed by atoms with Crippen molar-refractivity contribution < 1.29 is 4.74 Å². The highest BCUT2D eigenvalue weighted by Crippen LogP contribution is 2.15. The van der Waals surface area contributed by atoms with Gasteiger partial charge >= 0.3 is 0 Å². The number of anilines is 1. The zero-order valence-electron chi connectivity index (χ0n) is 10.4. The number of nitrogens with one attached hydrogen (secondary N) is 1. The predicted molar refractivity (Wildman–Crippen MR) is 78.4 cm³/mol. The Balaban J connectivity index is 2.04. The predicted octanol–water partition coefficient (Wildman–Crippen LogP) is 3.14. The summed E-state index contributed by atoms with van der Waals surface area (Å²) in [5, 5.41) is 4.17. The second kappa shape index (κ2) is 6.87. The second-order valence-electron chi connectivity index (χ2n) is 3.77. The molecule has 0 aliphatic heterocycles. The van der Waals surface area contributed by atoms with Gasteiger partial charge in [-0.1, -0.05) is 36.3 Å². The molecule has 0 heterocycles. The minimum Gasteiger partial charge on any atom is -0.480 e. The average molecular weight is 250 g/mol.